The Bertz CT molecular complexity index is 850. The number of allylic oxidation sites excluding steroid dienone is 4. The molecule has 0 aromatic carbocycles. The lowest BCUT2D eigenvalue weighted by Gasteiger charge is -2.18. The first kappa shape index (κ1) is 49.9. The van der Waals surface area contributed by atoms with Gasteiger partial charge in [-0.25, -0.2) is 0 Å². The Morgan fingerprint density at radius 3 is 1.15 bits per heavy atom. The first-order valence-electron chi connectivity index (χ1n) is 22.3. The molecule has 1 unspecified atom stereocenters. The highest BCUT2D eigenvalue weighted by Gasteiger charge is 2.19. The lowest BCUT2D eigenvalue weighted by atomic mass is 10.0. The third-order valence-electron chi connectivity index (χ3n) is 9.72. The van der Waals surface area contributed by atoms with Crippen molar-refractivity contribution in [1.29, 1.82) is 0 Å². The second kappa shape index (κ2) is 41.6. The van der Waals surface area contributed by atoms with E-state index in [1.165, 1.54) is 103 Å². The van der Waals surface area contributed by atoms with E-state index >= 15 is 0 Å². The Labute approximate surface area is 322 Å². The van der Waals surface area contributed by atoms with E-state index in [2.05, 4.69) is 45.1 Å². The van der Waals surface area contributed by atoms with Crippen molar-refractivity contribution in [3.05, 3.63) is 24.3 Å². The van der Waals surface area contributed by atoms with Gasteiger partial charge in [-0.15, -0.1) is 0 Å². The molecule has 0 radical (unpaired) electrons. The van der Waals surface area contributed by atoms with Crippen LogP contribution in [0, 0.1) is 0 Å². The topological polar surface area (TPSA) is 78.9 Å². The quantitative estimate of drug-likeness (QED) is 0.0270. The van der Waals surface area contributed by atoms with Gasteiger partial charge in [0.05, 0.1) is 0 Å². The molecule has 1 atom stereocenters. The summed E-state index contributed by atoms with van der Waals surface area (Å²) in [6.07, 6.45) is 44.5. The van der Waals surface area contributed by atoms with Gasteiger partial charge in [-0.2, -0.15) is 0 Å². The van der Waals surface area contributed by atoms with Crippen molar-refractivity contribution in [1.82, 2.24) is 0 Å². The molecule has 0 rings (SSSR count). The van der Waals surface area contributed by atoms with Gasteiger partial charge in [0.15, 0.2) is 6.10 Å². The monoisotopic (exact) mass is 733 g/mol. The maximum Gasteiger partial charge on any atom is 0.306 e. The largest absolute Gasteiger partial charge is 0.462 e. The van der Waals surface area contributed by atoms with Crippen molar-refractivity contribution in [3.8, 4) is 0 Å². The molecule has 6 nitrogen and oxygen atoms in total. The highest BCUT2D eigenvalue weighted by Crippen LogP contribution is 2.15. The summed E-state index contributed by atoms with van der Waals surface area (Å²) in [5.74, 6) is -0.887. The van der Waals surface area contributed by atoms with Gasteiger partial charge >= 0.3 is 17.9 Å². The zero-order chi connectivity index (χ0) is 38.0. The third-order valence-corrected chi connectivity index (χ3v) is 9.72. The number of rotatable bonds is 40. The number of hydrogen-bond acceptors (Lipinski definition) is 6. The number of esters is 3. The lowest BCUT2D eigenvalue weighted by Crippen LogP contribution is -2.30. The highest BCUT2D eigenvalue weighted by molar-refractivity contribution is 5.71. The molecule has 0 aromatic heterocycles. The van der Waals surface area contributed by atoms with Crippen LogP contribution >= 0.6 is 0 Å². The van der Waals surface area contributed by atoms with Gasteiger partial charge in [-0.1, -0.05) is 193 Å². The molecule has 0 spiro atoms. The molecular weight excluding hydrogens is 648 g/mol. The van der Waals surface area contributed by atoms with Gasteiger partial charge in [0, 0.05) is 19.3 Å². The van der Waals surface area contributed by atoms with Gasteiger partial charge in [-0.05, 0) is 44.9 Å². The summed E-state index contributed by atoms with van der Waals surface area (Å²) in [5.41, 5.74) is 0. The minimum Gasteiger partial charge on any atom is -0.462 e. The van der Waals surface area contributed by atoms with Gasteiger partial charge in [-0.3, -0.25) is 14.4 Å². The minimum atomic E-state index is -0.769. The van der Waals surface area contributed by atoms with Crippen LogP contribution in [0.5, 0.6) is 0 Å². The number of ether oxygens (including phenoxy) is 3. The van der Waals surface area contributed by atoms with Gasteiger partial charge < -0.3 is 14.2 Å². The Morgan fingerprint density at radius 2 is 0.750 bits per heavy atom. The average Bonchev–Trinajstić information content (AvgIpc) is 3.14. The molecule has 0 aromatic rings. The first-order valence-corrected chi connectivity index (χ1v) is 22.3. The Hall–Kier alpha value is -2.11. The van der Waals surface area contributed by atoms with Gasteiger partial charge in [0.2, 0.25) is 0 Å². The number of carbonyl (C=O) groups is 3. The van der Waals surface area contributed by atoms with Crippen molar-refractivity contribution in [2.45, 2.75) is 239 Å². The van der Waals surface area contributed by atoms with E-state index in [-0.39, 0.29) is 31.1 Å². The molecular formula is C46H84O6. The smallest absolute Gasteiger partial charge is 0.306 e. The van der Waals surface area contributed by atoms with Crippen molar-refractivity contribution in [2.75, 3.05) is 13.2 Å². The fourth-order valence-electron chi connectivity index (χ4n) is 6.36. The van der Waals surface area contributed by atoms with Crippen LogP contribution in [0.2, 0.25) is 0 Å². The van der Waals surface area contributed by atoms with Crippen LogP contribution in [0.1, 0.15) is 233 Å². The molecule has 0 aliphatic rings. The Morgan fingerprint density at radius 1 is 0.404 bits per heavy atom. The number of hydrogen-bond donors (Lipinski definition) is 0. The maximum atomic E-state index is 12.7. The normalized spacial score (nSPS) is 12.1. The van der Waals surface area contributed by atoms with E-state index in [1.54, 1.807) is 0 Å². The van der Waals surface area contributed by atoms with E-state index in [0.717, 1.165) is 89.9 Å². The molecule has 0 heterocycles. The van der Waals surface area contributed by atoms with Crippen LogP contribution in [-0.4, -0.2) is 37.2 Å². The van der Waals surface area contributed by atoms with Crippen LogP contribution < -0.4 is 0 Å². The second-order valence-electron chi connectivity index (χ2n) is 14.9. The summed E-state index contributed by atoms with van der Waals surface area (Å²) in [7, 11) is 0. The molecule has 0 N–H and O–H groups in total. The Kier molecular flexibility index (Phi) is 40.0. The van der Waals surface area contributed by atoms with E-state index in [4.69, 9.17) is 14.2 Å². The molecule has 6 heteroatoms. The molecule has 0 amide bonds. The number of unbranched alkanes of at least 4 members (excludes halogenated alkanes) is 25. The molecule has 0 aliphatic heterocycles. The van der Waals surface area contributed by atoms with Crippen LogP contribution in [-0.2, 0) is 28.6 Å². The van der Waals surface area contributed by atoms with Crippen LogP contribution in [0.15, 0.2) is 24.3 Å². The van der Waals surface area contributed by atoms with Crippen LogP contribution in [0.4, 0.5) is 0 Å². The summed E-state index contributed by atoms with van der Waals surface area (Å²) < 4.78 is 16.7. The maximum absolute atomic E-state index is 12.7. The molecule has 52 heavy (non-hydrogen) atoms. The summed E-state index contributed by atoms with van der Waals surface area (Å²) in [6.45, 7) is 6.50. The zero-order valence-corrected chi connectivity index (χ0v) is 34.6. The van der Waals surface area contributed by atoms with Gasteiger partial charge in [0.25, 0.3) is 0 Å². The predicted octanol–water partition coefficient (Wildman–Crippen LogP) is 14.0. The van der Waals surface area contributed by atoms with Gasteiger partial charge in [0.1, 0.15) is 13.2 Å². The number of carbonyl (C=O) groups excluding carboxylic acids is 3. The first-order chi connectivity index (χ1) is 25.5. The molecule has 304 valence electrons. The Balaban J connectivity index is 4.35. The molecule has 0 fully saturated rings. The van der Waals surface area contributed by atoms with E-state index in [0.29, 0.717) is 19.3 Å². The van der Waals surface area contributed by atoms with Crippen LogP contribution in [0.25, 0.3) is 0 Å². The molecule has 0 saturated heterocycles. The summed E-state index contributed by atoms with van der Waals surface area (Å²) in [4.78, 5) is 37.6. The minimum absolute atomic E-state index is 0.0733. The standard InChI is InChI=1S/C46H84O6/c1-4-7-10-13-16-19-21-23-25-27-30-33-36-39-45(48)51-42-43(41-50-44(47)38-35-32-29-26-18-15-12-9-6-3)52-46(49)40-37-34-31-28-24-22-20-17-14-11-8-5-2/h8,11,17,20,43H,4-7,9-10,12-16,18-19,21-42H2,1-3H3/b11-8-,20-17-. The second-order valence-corrected chi connectivity index (χ2v) is 14.9. The van der Waals surface area contributed by atoms with E-state index < -0.39 is 6.10 Å². The fraction of sp³-hybridized carbons (Fsp3) is 0.848. The molecule has 0 bridgehead atoms. The fourth-order valence-corrected chi connectivity index (χ4v) is 6.36. The zero-order valence-electron chi connectivity index (χ0n) is 34.6. The van der Waals surface area contributed by atoms with Crippen molar-refractivity contribution >= 4 is 17.9 Å². The SMILES string of the molecule is CC/C=C\C/C=C\CCCCCCCC(=O)OC(COC(=O)CCCCCCCCCCC)COC(=O)CCCCCCCCCCCCCCC. The summed E-state index contributed by atoms with van der Waals surface area (Å²) in [6, 6.07) is 0. The van der Waals surface area contributed by atoms with Crippen molar-refractivity contribution < 1.29 is 28.6 Å². The summed E-state index contributed by atoms with van der Waals surface area (Å²) in [5, 5.41) is 0. The molecule has 0 saturated carbocycles. The lowest BCUT2D eigenvalue weighted by molar-refractivity contribution is -0.167. The van der Waals surface area contributed by atoms with E-state index in [1.807, 2.05) is 0 Å². The predicted molar refractivity (Wildman–Crippen MR) is 219 cm³/mol. The van der Waals surface area contributed by atoms with E-state index in [9.17, 15) is 14.4 Å². The molecule has 0 aliphatic carbocycles. The van der Waals surface area contributed by atoms with Crippen molar-refractivity contribution in [2.24, 2.45) is 0 Å². The summed E-state index contributed by atoms with van der Waals surface area (Å²) >= 11 is 0. The van der Waals surface area contributed by atoms with Crippen LogP contribution in [0.3, 0.4) is 0 Å². The van der Waals surface area contributed by atoms with Crippen molar-refractivity contribution in [3.63, 3.8) is 0 Å². The average molecular weight is 733 g/mol. The third kappa shape index (κ3) is 39.1. The highest BCUT2D eigenvalue weighted by atomic mass is 16.6.